The zero-order chi connectivity index (χ0) is 31.1. The van der Waals surface area contributed by atoms with Crippen molar-refractivity contribution < 1.29 is 23.9 Å². The van der Waals surface area contributed by atoms with E-state index in [1.165, 1.54) is 34.9 Å². The van der Waals surface area contributed by atoms with Gasteiger partial charge >= 0.3 is 10.8 Å². The summed E-state index contributed by atoms with van der Waals surface area (Å²) in [6.07, 6.45) is 3.21. The third kappa shape index (κ3) is 5.43. The summed E-state index contributed by atoms with van der Waals surface area (Å²) in [5.41, 5.74) is 1.68. The normalized spacial score (nSPS) is 19.0. The Balaban J connectivity index is 1.35. The van der Waals surface area contributed by atoms with Crippen LogP contribution in [0.2, 0.25) is 10.0 Å². The Morgan fingerprint density at radius 3 is 2.48 bits per heavy atom. The Bertz CT molecular complexity index is 1860. The number of nitrogens with one attached hydrogen (secondary N) is 1. The van der Waals surface area contributed by atoms with Crippen molar-refractivity contribution in [2.24, 2.45) is 5.92 Å². The number of thiazole rings is 1. The Morgan fingerprint density at radius 2 is 1.80 bits per heavy atom. The molecule has 224 valence electrons. The first-order valence-corrected chi connectivity index (χ1v) is 15.8. The van der Waals surface area contributed by atoms with Crippen LogP contribution in [-0.4, -0.2) is 45.1 Å². The van der Waals surface area contributed by atoms with Crippen LogP contribution in [-0.2, 0) is 25.7 Å². The van der Waals surface area contributed by atoms with E-state index in [1.807, 2.05) is 0 Å². The number of carbonyl (C=O) groups excluding carboxylic acids is 4. The third-order valence-electron chi connectivity index (χ3n) is 7.23. The van der Waals surface area contributed by atoms with Crippen LogP contribution in [0.25, 0.3) is 0 Å². The van der Waals surface area contributed by atoms with Crippen LogP contribution in [0.1, 0.15) is 33.6 Å². The second kappa shape index (κ2) is 12.2. The SMILES string of the molecule is CCOC(=O)c1ccc(N2C(=O)[C@H]3[C@H](c4cccnc4)c4sc(=O)n(CC(=O)Nc5ccc(Cl)c(Cl)c5)c4S[C@H]3C2=O)cc1. The van der Waals surface area contributed by atoms with Gasteiger partial charge in [-0.05, 0) is 61.0 Å². The predicted molar refractivity (Wildman–Crippen MR) is 168 cm³/mol. The molecule has 1 saturated heterocycles. The maximum atomic E-state index is 14.0. The molecule has 1 fully saturated rings. The van der Waals surface area contributed by atoms with Crippen LogP contribution in [0, 0.1) is 5.92 Å². The standard InChI is InChI=1S/C30H22Cl2N4O6S2/c1-2-42-29(40)15-5-8-18(9-6-15)36-26(38)23-22(16-4-3-11-33-13-16)25-28(43-24(23)27(36)39)35(30(41)44-25)14-21(37)34-17-7-10-19(31)20(32)12-17/h3-13,22-24H,2,14H2,1H3,(H,34,37)/t22-,23-,24+/m0/s1. The molecule has 2 aliphatic rings. The number of hydrogen-bond donors (Lipinski definition) is 1. The fourth-order valence-corrected chi connectivity index (χ4v) is 8.38. The number of hydrogen-bond acceptors (Lipinski definition) is 9. The van der Waals surface area contributed by atoms with Crippen molar-refractivity contribution in [1.29, 1.82) is 0 Å². The summed E-state index contributed by atoms with van der Waals surface area (Å²) in [6.45, 7) is 1.59. The molecule has 0 aliphatic carbocycles. The maximum Gasteiger partial charge on any atom is 0.338 e. The topological polar surface area (TPSA) is 128 Å². The summed E-state index contributed by atoms with van der Waals surface area (Å²) in [6, 6.07) is 14.2. The number of esters is 1. The van der Waals surface area contributed by atoms with E-state index in [-0.39, 0.29) is 18.2 Å². The summed E-state index contributed by atoms with van der Waals surface area (Å²) in [7, 11) is 0. The number of benzene rings is 2. The predicted octanol–water partition coefficient (Wildman–Crippen LogP) is 5.22. The lowest BCUT2D eigenvalue weighted by Crippen LogP contribution is -2.33. The summed E-state index contributed by atoms with van der Waals surface area (Å²) >= 11 is 14.1. The van der Waals surface area contributed by atoms with E-state index in [2.05, 4.69) is 10.3 Å². The number of amides is 3. The fourth-order valence-electron chi connectivity index (χ4n) is 5.31. The Hall–Kier alpha value is -3.97. The number of anilines is 2. The molecular weight excluding hydrogens is 647 g/mol. The first-order valence-electron chi connectivity index (χ1n) is 13.4. The number of imide groups is 1. The lowest BCUT2D eigenvalue weighted by Gasteiger charge is -2.30. The second-order valence-corrected chi connectivity index (χ2v) is 12.8. The van der Waals surface area contributed by atoms with E-state index in [9.17, 15) is 24.0 Å². The van der Waals surface area contributed by atoms with Gasteiger partial charge in [-0.1, -0.05) is 52.4 Å². The summed E-state index contributed by atoms with van der Waals surface area (Å²) in [5.74, 6) is -3.36. The van der Waals surface area contributed by atoms with E-state index in [0.29, 0.717) is 37.4 Å². The van der Waals surface area contributed by atoms with Crippen LogP contribution in [0.15, 0.2) is 76.8 Å². The minimum atomic E-state index is -0.872. The molecule has 0 saturated carbocycles. The van der Waals surface area contributed by atoms with Crippen LogP contribution in [0.4, 0.5) is 11.4 Å². The molecule has 2 aliphatic heterocycles. The Kier molecular flexibility index (Phi) is 8.34. The first kappa shape index (κ1) is 30.1. The zero-order valence-electron chi connectivity index (χ0n) is 22.9. The van der Waals surface area contributed by atoms with Crippen molar-refractivity contribution >= 4 is 81.4 Å². The number of pyridine rings is 1. The molecular formula is C30H22Cl2N4O6S2. The number of aromatic nitrogens is 2. The minimum Gasteiger partial charge on any atom is -0.462 e. The number of carbonyl (C=O) groups is 4. The summed E-state index contributed by atoms with van der Waals surface area (Å²) < 4.78 is 6.36. The highest BCUT2D eigenvalue weighted by atomic mass is 35.5. The van der Waals surface area contributed by atoms with Gasteiger partial charge in [0.15, 0.2) is 0 Å². The van der Waals surface area contributed by atoms with Gasteiger partial charge in [0.05, 0.1) is 38.8 Å². The molecule has 2 aromatic heterocycles. The van der Waals surface area contributed by atoms with Crippen molar-refractivity contribution in [1.82, 2.24) is 9.55 Å². The lowest BCUT2D eigenvalue weighted by atomic mass is 9.84. The van der Waals surface area contributed by atoms with E-state index in [1.54, 1.807) is 43.6 Å². The molecule has 4 heterocycles. The first-order chi connectivity index (χ1) is 21.2. The molecule has 0 spiro atoms. The maximum absolute atomic E-state index is 14.0. The molecule has 44 heavy (non-hydrogen) atoms. The molecule has 10 nitrogen and oxygen atoms in total. The van der Waals surface area contributed by atoms with Crippen LogP contribution >= 0.6 is 46.3 Å². The highest BCUT2D eigenvalue weighted by molar-refractivity contribution is 8.00. The summed E-state index contributed by atoms with van der Waals surface area (Å²) in [5, 5.41) is 2.89. The number of nitrogens with zero attached hydrogens (tertiary/aromatic N) is 3. The molecule has 0 unspecified atom stereocenters. The molecule has 0 bridgehead atoms. The van der Waals surface area contributed by atoms with Gasteiger partial charge < -0.3 is 10.1 Å². The van der Waals surface area contributed by atoms with Gasteiger partial charge in [0.25, 0.3) is 0 Å². The molecule has 4 aromatic rings. The average Bonchev–Trinajstić information content (AvgIpc) is 3.45. The largest absolute Gasteiger partial charge is 0.462 e. The van der Waals surface area contributed by atoms with E-state index < -0.39 is 45.6 Å². The summed E-state index contributed by atoms with van der Waals surface area (Å²) in [4.78, 5) is 71.9. The minimum absolute atomic E-state index is 0.215. The average molecular weight is 670 g/mol. The lowest BCUT2D eigenvalue weighted by molar-refractivity contribution is -0.122. The van der Waals surface area contributed by atoms with Crippen LogP contribution < -0.4 is 15.1 Å². The number of fused-ring (bicyclic) bond motifs is 2. The van der Waals surface area contributed by atoms with E-state index in [0.717, 1.165) is 28.0 Å². The molecule has 2 aromatic carbocycles. The monoisotopic (exact) mass is 668 g/mol. The van der Waals surface area contributed by atoms with E-state index >= 15 is 0 Å². The van der Waals surface area contributed by atoms with Crippen molar-refractivity contribution in [2.45, 2.75) is 29.7 Å². The number of ether oxygens (including phenoxy) is 1. The molecule has 0 radical (unpaired) electrons. The van der Waals surface area contributed by atoms with Gasteiger partial charge in [0.1, 0.15) is 11.8 Å². The van der Waals surface area contributed by atoms with Crippen molar-refractivity contribution in [2.75, 3.05) is 16.8 Å². The molecule has 3 amide bonds. The Labute approximate surface area is 268 Å². The molecule has 14 heteroatoms. The quantitative estimate of drug-likeness (QED) is 0.210. The van der Waals surface area contributed by atoms with Gasteiger partial charge in [-0.15, -0.1) is 0 Å². The second-order valence-electron chi connectivity index (χ2n) is 9.91. The van der Waals surface area contributed by atoms with E-state index in [4.69, 9.17) is 27.9 Å². The zero-order valence-corrected chi connectivity index (χ0v) is 26.0. The van der Waals surface area contributed by atoms with Crippen molar-refractivity contribution in [3.8, 4) is 0 Å². The van der Waals surface area contributed by atoms with Crippen molar-refractivity contribution in [3.05, 3.63) is 103 Å². The van der Waals surface area contributed by atoms with Gasteiger partial charge in [0.2, 0.25) is 17.7 Å². The smallest absolute Gasteiger partial charge is 0.338 e. The van der Waals surface area contributed by atoms with Crippen molar-refractivity contribution in [3.63, 3.8) is 0 Å². The molecule has 3 atom stereocenters. The molecule has 1 N–H and O–H groups in total. The van der Waals surface area contributed by atoms with Gasteiger partial charge in [-0.3, -0.25) is 28.7 Å². The van der Waals surface area contributed by atoms with Crippen LogP contribution in [0.5, 0.6) is 0 Å². The van der Waals surface area contributed by atoms with Crippen LogP contribution in [0.3, 0.4) is 0 Å². The third-order valence-corrected chi connectivity index (χ3v) is 10.6. The number of rotatable bonds is 7. The fraction of sp³-hybridized carbons (Fsp3) is 0.200. The van der Waals surface area contributed by atoms with Gasteiger partial charge in [0, 0.05) is 28.9 Å². The van der Waals surface area contributed by atoms with Gasteiger partial charge in [-0.2, -0.15) is 0 Å². The molecule has 6 rings (SSSR count). The Morgan fingerprint density at radius 1 is 1.02 bits per heavy atom. The highest BCUT2D eigenvalue weighted by Gasteiger charge is 2.57. The van der Waals surface area contributed by atoms with Gasteiger partial charge in [-0.25, -0.2) is 9.69 Å². The highest BCUT2D eigenvalue weighted by Crippen LogP contribution is 2.53. The number of halogens is 2. The number of thioether (sulfide) groups is 1.